The van der Waals surface area contributed by atoms with Crippen molar-refractivity contribution in [3.63, 3.8) is 0 Å². The van der Waals surface area contributed by atoms with Gasteiger partial charge in [-0.25, -0.2) is 4.79 Å². The number of nitrogens with zero attached hydrogens (tertiary/aromatic N) is 5. The third-order valence-electron chi connectivity index (χ3n) is 5.25. The monoisotopic (exact) mass is 441 g/mol. The number of anilines is 1. The fourth-order valence-electron chi connectivity index (χ4n) is 3.83. The minimum absolute atomic E-state index is 0.0597. The molecule has 1 fully saturated rings. The number of hydrogen-bond donors (Lipinski definition) is 1. The summed E-state index contributed by atoms with van der Waals surface area (Å²) in [6, 6.07) is -0.550. The van der Waals surface area contributed by atoms with E-state index in [1.54, 1.807) is 20.7 Å². The van der Waals surface area contributed by atoms with Gasteiger partial charge >= 0.3 is 11.5 Å². The first kappa shape index (κ1) is 22.4. The Hall–Kier alpha value is -2.33. The number of hydrogen-bond acceptors (Lipinski definition) is 6. The van der Waals surface area contributed by atoms with Gasteiger partial charge in [0.15, 0.2) is 0 Å². The number of amides is 3. The predicted molar refractivity (Wildman–Crippen MR) is 109 cm³/mol. The zero-order valence-electron chi connectivity index (χ0n) is 17.7. The van der Waals surface area contributed by atoms with Crippen LogP contribution in [0.1, 0.15) is 39.8 Å². The van der Waals surface area contributed by atoms with Crippen LogP contribution in [0.2, 0.25) is 0 Å². The minimum Gasteiger partial charge on any atom is -0.444 e. The van der Waals surface area contributed by atoms with Crippen molar-refractivity contribution in [1.82, 2.24) is 19.6 Å². The lowest BCUT2D eigenvalue weighted by molar-refractivity contribution is -0.117. The van der Waals surface area contributed by atoms with E-state index in [1.807, 2.05) is 27.7 Å². The maximum Gasteiger partial charge on any atom is 0.410 e. The zero-order valence-corrected chi connectivity index (χ0v) is 18.4. The first-order chi connectivity index (χ1) is 14.0. The number of carbonyl (C=O) groups excluding carboxylic acids is 3. The zero-order chi connectivity index (χ0) is 22.2. The van der Waals surface area contributed by atoms with Crippen LogP contribution in [-0.4, -0.2) is 79.4 Å². The summed E-state index contributed by atoms with van der Waals surface area (Å²) < 4.78 is 7.31. The van der Waals surface area contributed by atoms with Gasteiger partial charge in [-0.2, -0.15) is 5.10 Å². The molecule has 3 heterocycles. The van der Waals surface area contributed by atoms with Crippen LogP contribution in [-0.2, 0) is 22.6 Å². The lowest BCUT2D eigenvalue weighted by Crippen LogP contribution is -2.47. The van der Waals surface area contributed by atoms with E-state index in [1.165, 1.54) is 4.90 Å². The van der Waals surface area contributed by atoms with Gasteiger partial charge in [-0.05, 0) is 39.3 Å². The Morgan fingerprint density at radius 1 is 1.37 bits per heavy atom. The second-order valence-corrected chi connectivity index (χ2v) is 8.97. The SMILES string of the molecule is C[C@H]1Cn2ncc(N3CC(N(CCO)C(=O)Cl)CC3=O)c2CN1C(=O)OC(C)(C)C. The summed E-state index contributed by atoms with van der Waals surface area (Å²) in [5, 5.41) is 12.9. The standard InChI is InChI=1S/C19H28ClN5O5/c1-12-9-25-15(11-23(12)18(29)30-19(2,3)4)14(8-21-25)24-10-13(7-16(24)27)22(5-6-26)17(20)28/h8,12-13,26H,5-7,9-11H2,1-4H3/t12-,13?/m0/s1. The third kappa shape index (κ3) is 4.54. The van der Waals surface area contributed by atoms with Crippen LogP contribution < -0.4 is 4.90 Å². The normalized spacial score (nSPS) is 21.6. The molecule has 3 rings (SSSR count). The Morgan fingerprint density at radius 3 is 2.67 bits per heavy atom. The summed E-state index contributed by atoms with van der Waals surface area (Å²) >= 11 is 5.63. The van der Waals surface area contributed by atoms with Gasteiger partial charge < -0.3 is 19.6 Å². The number of aliphatic hydroxyl groups excluding tert-OH is 1. The lowest BCUT2D eigenvalue weighted by atomic mass is 10.2. The van der Waals surface area contributed by atoms with E-state index in [2.05, 4.69) is 5.10 Å². The number of rotatable bonds is 4. The Labute approximate surface area is 180 Å². The summed E-state index contributed by atoms with van der Waals surface area (Å²) in [5.41, 5.74) is 0.729. The molecule has 0 aliphatic carbocycles. The molecule has 3 amide bonds. The average Bonchev–Trinajstić information content (AvgIpc) is 3.19. The van der Waals surface area contributed by atoms with Gasteiger partial charge in [0.25, 0.3) is 0 Å². The quantitative estimate of drug-likeness (QED) is 0.563. The van der Waals surface area contributed by atoms with E-state index in [-0.39, 0.29) is 44.6 Å². The number of carbonyl (C=O) groups is 3. The van der Waals surface area contributed by atoms with Gasteiger partial charge in [0.05, 0.1) is 49.4 Å². The Bertz CT molecular complexity index is 836. The molecular weight excluding hydrogens is 414 g/mol. The second-order valence-electron chi connectivity index (χ2n) is 8.65. The largest absolute Gasteiger partial charge is 0.444 e. The number of halogens is 1. The maximum atomic E-state index is 12.7. The van der Waals surface area contributed by atoms with E-state index < -0.39 is 23.1 Å². The van der Waals surface area contributed by atoms with Crippen molar-refractivity contribution in [3.8, 4) is 0 Å². The van der Waals surface area contributed by atoms with E-state index in [9.17, 15) is 19.5 Å². The van der Waals surface area contributed by atoms with Crippen molar-refractivity contribution < 1.29 is 24.2 Å². The van der Waals surface area contributed by atoms with E-state index in [0.717, 1.165) is 5.69 Å². The molecule has 1 aromatic heterocycles. The molecule has 11 heteroatoms. The first-order valence-electron chi connectivity index (χ1n) is 9.93. The predicted octanol–water partition coefficient (Wildman–Crippen LogP) is 1.78. The molecule has 30 heavy (non-hydrogen) atoms. The molecule has 10 nitrogen and oxygen atoms in total. The van der Waals surface area contributed by atoms with Crippen LogP contribution >= 0.6 is 11.6 Å². The van der Waals surface area contributed by atoms with E-state index in [0.29, 0.717) is 12.2 Å². The van der Waals surface area contributed by atoms with Crippen LogP contribution in [0.5, 0.6) is 0 Å². The molecule has 1 N–H and O–H groups in total. The first-order valence-corrected chi connectivity index (χ1v) is 10.3. The molecule has 0 aromatic carbocycles. The maximum absolute atomic E-state index is 12.7. The smallest absolute Gasteiger partial charge is 0.410 e. The molecule has 0 radical (unpaired) electrons. The third-order valence-corrected chi connectivity index (χ3v) is 5.46. The molecule has 1 saturated heterocycles. The van der Waals surface area contributed by atoms with E-state index in [4.69, 9.17) is 16.3 Å². The number of aliphatic hydroxyl groups is 1. The Balaban J connectivity index is 1.81. The summed E-state index contributed by atoms with van der Waals surface area (Å²) in [4.78, 5) is 41.5. The highest BCUT2D eigenvalue weighted by Crippen LogP contribution is 2.32. The van der Waals surface area contributed by atoms with Gasteiger partial charge in [-0.3, -0.25) is 19.2 Å². The summed E-state index contributed by atoms with van der Waals surface area (Å²) in [6.45, 7) is 8.17. The van der Waals surface area contributed by atoms with Crippen molar-refractivity contribution in [2.75, 3.05) is 24.6 Å². The molecule has 2 aliphatic rings. The lowest BCUT2D eigenvalue weighted by Gasteiger charge is -2.36. The van der Waals surface area contributed by atoms with Crippen molar-refractivity contribution >= 4 is 34.7 Å². The molecule has 2 atom stereocenters. The van der Waals surface area contributed by atoms with Crippen molar-refractivity contribution in [1.29, 1.82) is 0 Å². The van der Waals surface area contributed by atoms with Gasteiger partial charge in [0, 0.05) is 19.5 Å². The van der Waals surface area contributed by atoms with Crippen LogP contribution in [0, 0.1) is 0 Å². The highest BCUT2D eigenvalue weighted by atomic mass is 35.5. The van der Waals surface area contributed by atoms with Crippen molar-refractivity contribution in [2.45, 2.75) is 64.9 Å². The summed E-state index contributed by atoms with van der Waals surface area (Å²) in [7, 11) is 0. The fraction of sp³-hybridized carbons (Fsp3) is 0.684. The average molecular weight is 442 g/mol. The molecule has 0 spiro atoms. The molecule has 166 valence electrons. The molecule has 1 unspecified atom stereocenters. The van der Waals surface area contributed by atoms with Crippen LogP contribution in [0.15, 0.2) is 6.20 Å². The second kappa shape index (κ2) is 8.43. The van der Waals surface area contributed by atoms with Gasteiger partial charge in [0.1, 0.15) is 5.60 Å². The minimum atomic E-state index is -0.703. The van der Waals surface area contributed by atoms with E-state index >= 15 is 0 Å². The number of fused-ring (bicyclic) bond motifs is 1. The number of ether oxygens (including phenoxy) is 1. The van der Waals surface area contributed by atoms with Crippen molar-refractivity contribution in [3.05, 3.63) is 11.9 Å². The summed E-state index contributed by atoms with van der Waals surface area (Å²) in [5.74, 6) is -0.168. The Morgan fingerprint density at radius 2 is 2.07 bits per heavy atom. The van der Waals surface area contributed by atoms with Crippen molar-refractivity contribution in [2.24, 2.45) is 0 Å². The topological polar surface area (TPSA) is 108 Å². The molecule has 2 aliphatic heterocycles. The van der Waals surface area contributed by atoms with Gasteiger partial charge in [0.2, 0.25) is 5.91 Å². The van der Waals surface area contributed by atoms with Gasteiger partial charge in [-0.1, -0.05) is 0 Å². The van der Waals surface area contributed by atoms with Crippen LogP contribution in [0.4, 0.5) is 15.3 Å². The molecule has 0 saturated carbocycles. The number of aromatic nitrogens is 2. The summed E-state index contributed by atoms with van der Waals surface area (Å²) in [6.07, 6.45) is 1.30. The van der Waals surface area contributed by atoms with Crippen LogP contribution in [0.25, 0.3) is 0 Å². The molecule has 0 bridgehead atoms. The Kier molecular flexibility index (Phi) is 6.28. The molecular formula is C19H28ClN5O5. The highest BCUT2D eigenvalue weighted by Gasteiger charge is 2.39. The van der Waals surface area contributed by atoms with Gasteiger partial charge in [-0.15, -0.1) is 0 Å². The highest BCUT2D eigenvalue weighted by molar-refractivity contribution is 6.62. The van der Waals surface area contributed by atoms with Crippen LogP contribution in [0.3, 0.4) is 0 Å². The molecule has 1 aromatic rings. The fourth-order valence-corrected chi connectivity index (χ4v) is 4.05.